The SMILES string of the molecule is CN(c1ccccc1)C(Cc1ccc(C2CCCCCCC2)cc1)C(=O)O. The van der Waals surface area contributed by atoms with Crippen molar-refractivity contribution in [1.29, 1.82) is 0 Å². The molecule has 0 heterocycles. The molecule has 1 aliphatic rings. The molecule has 2 aromatic carbocycles. The molecule has 0 aliphatic heterocycles. The molecule has 1 aliphatic carbocycles. The molecule has 0 saturated heterocycles. The van der Waals surface area contributed by atoms with E-state index in [2.05, 4.69) is 24.3 Å². The molecule has 1 N–H and O–H groups in total. The average molecular weight is 366 g/mol. The molecule has 144 valence electrons. The van der Waals surface area contributed by atoms with Crippen LogP contribution in [0.15, 0.2) is 54.6 Å². The van der Waals surface area contributed by atoms with Gasteiger partial charge in [0.15, 0.2) is 0 Å². The van der Waals surface area contributed by atoms with E-state index in [4.69, 9.17) is 0 Å². The first kappa shape index (κ1) is 19.5. The Balaban J connectivity index is 1.68. The summed E-state index contributed by atoms with van der Waals surface area (Å²) in [6, 6.07) is 17.9. The molecule has 3 heteroatoms. The third-order valence-corrected chi connectivity index (χ3v) is 5.90. The molecular weight excluding hydrogens is 334 g/mol. The second kappa shape index (κ2) is 9.59. The van der Waals surface area contributed by atoms with E-state index in [1.165, 1.54) is 50.5 Å². The Morgan fingerprint density at radius 1 is 0.963 bits per heavy atom. The van der Waals surface area contributed by atoms with Gasteiger partial charge in [0.1, 0.15) is 6.04 Å². The van der Waals surface area contributed by atoms with E-state index in [9.17, 15) is 9.90 Å². The molecule has 1 fully saturated rings. The molecule has 0 aromatic heterocycles. The molecule has 0 bridgehead atoms. The van der Waals surface area contributed by atoms with E-state index >= 15 is 0 Å². The number of hydrogen-bond donors (Lipinski definition) is 1. The van der Waals surface area contributed by atoms with Gasteiger partial charge >= 0.3 is 5.97 Å². The van der Waals surface area contributed by atoms with Crippen LogP contribution in [0.2, 0.25) is 0 Å². The van der Waals surface area contributed by atoms with E-state index in [-0.39, 0.29) is 0 Å². The first-order valence-electron chi connectivity index (χ1n) is 10.2. The number of carboxylic acids is 1. The first-order chi connectivity index (χ1) is 13.1. The number of benzene rings is 2. The van der Waals surface area contributed by atoms with Crippen molar-refractivity contribution in [2.24, 2.45) is 0 Å². The molecule has 27 heavy (non-hydrogen) atoms. The smallest absolute Gasteiger partial charge is 0.326 e. The third-order valence-electron chi connectivity index (χ3n) is 5.90. The molecule has 1 saturated carbocycles. The lowest BCUT2D eigenvalue weighted by atomic mass is 9.85. The van der Waals surface area contributed by atoms with Crippen molar-refractivity contribution in [2.45, 2.75) is 63.3 Å². The molecule has 1 atom stereocenters. The minimum atomic E-state index is -0.787. The monoisotopic (exact) mass is 365 g/mol. The predicted octanol–water partition coefficient (Wildman–Crippen LogP) is 5.65. The van der Waals surface area contributed by atoms with Crippen molar-refractivity contribution in [3.8, 4) is 0 Å². The van der Waals surface area contributed by atoms with Crippen LogP contribution in [0.3, 0.4) is 0 Å². The van der Waals surface area contributed by atoms with E-state index in [1.807, 2.05) is 42.3 Å². The van der Waals surface area contributed by atoms with Gasteiger partial charge in [-0.2, -0.15) is 0 Å². The second-order valence-electron chi connectivity index (χ2n) is 7.79. The zero-order valence-electron chi connectivity index (χ0n) is 16.3. The fourth-order valence-corrected chi connectivity index (χ4v) is 4.17. The average Bonchev–Trinajstić information content (AvgIpc) is 2.66. The van der Waals surface area contributed by atoms with Gasteiger partial charge in [0.05, 0.1) is 0 Å². The summed E-state index contributed by atoms with van der Waals surface area (Å²) < 4.78 is 0. The third kappa shape index (κ3) is 5.35. The van der Waals surface area contributed by atoms with Crippen LogP contribution in [0.4, 0.5) is 5.69 Å². The number of likely N-dealkylation sites (N-methyl/N-ethyl adjacent to an activating group) is 1. The highest BCUT2D eigenvalue weighted by Crippen LogP contribution is 2.31. The van der Waals surface area contributed by atoms with Crippen LogP contribution in [0.25, 0.3) is 0 Å². The van der Waals surface area contributed by atoms with Crippen molar-refractivity contribution in [2.75, 3.05) is 11.9 Å². The number of para-hydroxylation sites is 1. The van der Waals surface area contributed by atoms with E-state index in [1.54, 1.807) is 0 Å². The molecule has 0 amide bonds. The van der Waals surface area contributed by atoms with Gasteiger partial charge in [-0.3, -0.25) is 0 Å². The molecular formula is C24H31NO2. The summed E-state index contributed by atoms with van der Waals surface area (Å²) >= 11 is 0. The van der Waals surface area contributed by atoms with Crippen molar-refractivity contribution < 1.29 is 9.90 Å². The summed E-state index contributed by atoms with van der Waals surface area (Å²) in [5.41, 5.74) is 3.43. The van der Waals surface area contributed by atoms with Crippen molar-refractivity contribution in [1.82, 2.24) is 0 Å². The number of carboxylic acid groups (broad SMARTS) is 1. The molecule has 0 spiro atoms. The zero-order valence-corrected chi connectivity index (χ0v) is 16.3. The maximum absolute atomic E-state index is 11.9. The Morgan fingerprint density at radius 2 is 1.56 bits per heavy atom. The minimum Gasteiger partial charge on any atom is -0.480 e. The van der Waals surface area contributed by atoms with Gasteiger partial charge in [-0.25, -0.2) is 4.79 Å². The molecule has 3 rings (SSSR count). The molecule has 1 unspecified atom stereocenters. The topological polar surface area (TPSA) is 40.5 Å². The second-order valence-corrected chi connectivity index (χ2v) is 7.79. The first-order valence-corrected chi connectivity index (χ1v) is 10.2. The van der Waals surface area contributed by atoms with Crippen LogP contribution >= 0.6 is 0 Å². The van der Waals surface area contributed by atoms with Crippen molar-refractivity contribution >= 4 is 11.7 Å². The van der Waals surface area contributed by atoms with Gasteiger partial charge in [0.25, 0.3) is 0 Å². The normalized spacial score (nSPS) is 16.9. The fourth-order valence-electron chi connectivity index (χ4n) is 4.17. The highest BCUT2D eigenvalue weighted by molar-refractivity contribution is 5.78. The predicted molar refractivity (Wildman–Crippen MR) is 111 cm³/mol. The van der Waals surface area contributed by atoms with E-state index < -0.39 is 12.0 Å². The van der Waals surface area contributed by atoms with Crippen LogP contribution in [0.5, 0.6) is 0 Å². The number of anilines is 1. The van der Waals surface area contributed by atoms with Gasteiger partial charge in [-0.15, -0.1) is 0 Å². The summed E-state index contributed by atoms with van der Waals surface area (Å²) in [5.74, 6) is -0.118. The number of hydrogen-bond acceptors (Lipinski definition) is 2. The van der Waals surface area contributed by atoms with Crippen LogP contribution < -0.4 is 4.90 Å². The highest BCUT2D eigenvalue weighted by Gasteiger charge is 2.23. The van der Waals surface area contributed by atoms with Crippen LogP contribution in [-0.4, -0.2) is 24.2 Å². The Morgan fingerprint density at radius 3 is 2.15 bits per heavy atom. The fraction of sp³-hybridized carbons (Fsp3) is 0.458. The number of nitrogens with zero attached hydrogens (tertiary/aromatic N) is 1. The van der Waals surface area contributed by atoms with Gasteiger partial charge in [0.2, 0.25) is 0 Å². The Labute approximate surface area is 163 Å². The molecule has 2 aromatic rings. The lowest BCUT2D eigenvalue weighted by Crippen LogP contribution is -2.40. The maximum atomic E-state index is 11.9. The summed E-state index contributed by atoms with van der Waals surface area (Å²) in [6.07, 6.45) is 9.84. The standard InChI is InChI=1S/C24H31NO2/c1-25(22-12-8-5-9-13-22)23(24(26)27)18-19-14-16-21(17-15-19)20-10-6-3-2-4-7-11-20/h5,8-9,12-17,20,23H,2-4,6-7,10-11,18H2,1H3,(H,26,27). The zero-order chi connectivity index (χ0) is 19.1. The van der Waals surface area contributed by atoms with Gasteiger partial charge in [-0.05, 0) is 42.0 Å². The Hall–Kier alpha value is -2.29. The van der Waals surface area contributed by atoms with Gasteiger partial charge in [0, 0.05) is 19.2 Å². The van der Waals surface area contributed by atoms with Gasteiger partial charge in [-0.1, -0.05) is 74.6 Å². The largest absolute Gasteiger partial charge is 0.480 e. The van der Waals surface area contributed by atoms with Crippen LogP contribution in [-0.2, 0) is 11.2 Å². The summed E-state index contributed by atoms with van der Waals surface area (Å²) in [7, 11) is 1.86. The molecule has 3 nitrogen and oxygen atoms in total. The molecule has 0 radical (unpaired) electrons. The maximum Gasteiger partial charge on any atom is 0.326 e. The van der Waals surface area contributed by atoms with Crippen molar-refractivity contribution in [3.63, 3.8) is 0 Å². The van der Waals surface area contributed by atoms with Crippen LogP contribution in [0.1, 0.15) is 62.0 Å². The minimum absolute atomic E-state index is 0.506. The quantitative estimate of drug-likeness (QED) is 0.719. The number of aliphatic carboxylic acids is 1. The highest BCUT2D eigenvalue weighted by atomic mass is 16.4. The summed E-state index contributed by atoms with van der Waals surface area (Å²) in [6.45, 7) is 0. The number of rotatable bonds is 6. The van der Waals surface area contributed by atoms with Crippen molar-refractivity contribution in [3.05, 3.63) is 65.7 Å². The Bertz CT molecular complexity index is 703. The van der Waals surface area contributed by atoms with Crippen LogP contribution in [0, 0.1) is 0 Å². The van der Waals surface area contributed by atoms with E-state index in [0.717, 1.165) is 11.3 Å². The summed E-state index contributed by atoms with van der Waals surface area (Å²) in [4.78, 5) is 13.7. The Kier molecular flexibility index (Phi) is 6.92. The lowest BCUT2D eigenvalue weighted by Gasteiger charge is -2.27. The van der Waals surface area contributed by atoms with E-state index in [0.29, 0.717) is 12.3 Å². The summed E-state index contributed by atoms with van der Waals surface area (Å²) in [5, 5.41) is 9.74. The number of carbonyl (C=O) groups is 1. The lowest BCUT2D eigenvalue weighted by molar-refractivity contribution is -0.138. The van der Waals surface area contributed by atoms with Gasteiger partial charge < -0.3 is 10.0 Å².